The summed E-state index contributed by atoms with van der Waals surface area (Å²) in [4.78, 5) is 14.0. The summed E-state index contributed by atoms with van der Waals surface area (Å²) in [6.45, 7) is 0.551. The highest BCUT2D eigenvalue weighted by molar-refractivity contribution is 7.89. The first-order valence-corrected chi connectivity index (χ1v) is 9.91. The van der Waals surface area contributed by atoms with Crippen molar-refractivity contribution in [2.24, 2.45) is 0 Å². The summed E-state index contributed by atoms with van der Waals surface area (Å²) in [5, 5.41) is 2.69. The monoisotopic (exact) mass is 409 g/mol. The van der Waals surface area contributed by atoms with E-state index in [9.17, 15) is 17.6 Å². The van der Waals surface area contributed by atoms with Crippen LogP contribution in [0.2, 0.25) is 0 Å². The first-order chi connectivity index (χ1) is 13.1. The Hall–Kier alpha value is -2.49. The molecule has 152 valence electrons. The van der Waals surface area contributed by atoms with E-state index in [1.165, 1.54) is 45.5 Å². The minimum absolute atomic E-state index is 0.0301. The minimum Gasteiger partial charge on any atom is -0.495 e. The maximum atomic E-state index is 13.0. The molecule has 0 spiro atoms. The molecule has 0 radical (unpaired) electrons. The van der Waals surface area contributed by atoms with Crippen LogP contribution in [0.1, 0.15) is 5.56 Å². The molecule has 1 N–H and O–H groups in total. The molecule has 1 amide bonds. The van der Waals surface area contributed by atoms with E-state index in [1.54, 1.807) is 30.1 Å². The maximum absolute atomic E-state index is 13.0. The average molecular weight is 409 g/mol. The van der Waals surface area contributed by atoms with Crippen LogP contribution >= 0.6 is 0 Å². The first kappa shape index (κ1) is 21.8. The predicted octanol–water partition coefficient (Wildman–Crippen LogP) is 2.16. The number of carbonyl (C=O) groups excluding carboxylic acids is 1. The number of nitrogens with one attached hydrogen (secondary N) is 1. The Morgan fingerprint density at radius 2 is 1.75 bits per heavy atom. The molecule has 0 heterocycles. The third-order valence-corrected chi connectivity index (χ3v) is 5.82. The molecular formula is C19H24FN3O4S. The molecule has 2 aromatic rings. The summed E-state index contributed by atoms with van der Waals surface area (Å²) in [6, 6.07) is 10.5. The molecule has 2 rings (SSSR count). The van der Waals surface area contributed by atoms with Crippen molar-refractivity contribution in [2.75, 3.05) is 40.1 Å². The van der Waals surface area contributed by atoms with Crippen LogP contribution in [-0.4, -0.2) is 58.3 Å². The number of likely N-dealkylation sites (N-methyl/N-ethyl adjacent to an activating group) is 1. The van der Waals surface area contributed by atoms with Crippen LogP contribution in [0.5, 0.6) is 5.75 Å². The van der Waals surface area contributed by atoms with Crippen molar-refractivity contribution >= 4 is 21.6 Å². The van der Waals surface area contributed by atoms with E-state index in [-0.39, 0.29) is 28.9 Å². The second-order valence-electron chi connectivity index (χ2n) is 6.50. The van der Waals surface area contributed by atoms with Gasteiger partial charge in [0.25, 0.3) is 0 Å². The van der Waals surface area contributed by atoms with Crippen molar-refractivity contribution in [1.82, 2.24) is 9.21 Å². The zero-order valence-corrected chi connectivity index (χ0v) is 17.1. The first-order valence-electron chi connectivity index (χ1n) is 8.47. The van der Waals surface area contributed by atoms with Gasteiger partial charge >= 0.3 is 0 Å². The molecular weight excluding hydrogens is 385 g/mol. The van der Waals surface area contributed by atoms with Gasteiger partial charge < -0.3 is 10.1 Å². The topological polar surface area (TPSA) is 79.0 Å². The second kappa shape index (κ2) is 9.13. The second-order valence-corrected chi connectivity index (χ2v) is 8.62. The normalized spacial score (nSPS) is 11.7. The van der Waals surface area contributed by atoms with Gasteiger partial charge in [-0.3, -0.25) is 9.69 Å². The minimum atomic E-state index is -3.73. The highest BCUT2D eigenvalue weighted by Crippen LogP contribution is 2.28. The van der Waals surface area contributed by atoms with Crippen LogP contribution in [0.4, 0.5) is 10.1 Å². The Kier molecular flexibility index (Phi) is 7.11. The fourth-order valence-corrected chi connectivity index (χ4v) is 3.63. The molecule has 2 aromatic carbocycles. The fourth-order valence-electron chi connectivity index (χ4n) is 2.56. The number of halogens is 1. The van der Waals surface area contributed by atoms with Crippen molar-refractivity contribution in [3.8, 4) is 5.75 Å². The average Bonchev–Trinajstić information content (AvgIpc) is 2.63. The van der Waals surface area contributed by atoms with Gasteiger partial charge in [-0.15, -0.1) is 0 Å². The van der Waals surface area contributed by atoms with E-state index in [2.05, 4.69) is 5.32 Å². The SMILES string of the molecule is COc1ccc(NC(=O)CN(C)Cc2ccc(F)cc2)cc1S(=O)(=O)N(C)C. The Balaban J connectivity index is 2.08. The molecule has 7 nitrogen and oxygen atoms in total. The van der Waals surface area contributed by atoms with Gasteiger partial charge in [0.05, 0.1) is 13.7 Å². The standard InChI is InChI=1S/C19H24FN3O4S/c1-22(2)28(25,26)18-11-16(9-10-17(18)27-4)21-19(24)13-23(3)12-14-5-7-15(20)8-6-14/h5-11H,12-13H2,1-4H3,(H,21,24). The third-order valence-electron chi connectivity index (χ3n) is 3.99. The number of methoxy groups -OCH3 is 1. The van der Waals surface area contributed by atoms with Crippen molar-refractivity contribution in [1.29, 1.82) is 0 Å². The van der Waals surface area contributed by atoms with Gasteiger partial charge in [0.1, 0.15) is 16.5 Å². The number of rotatable bonds is 8. The number of carbonyl (C=O) groups is 1. The highest BCUT2D eigenvalue weighted by Gasteiger charge is 2.23. The molecule has 0 atom stereocenters. The molecule has 0 unspecified atom stereocenters. The van der Waals surface area contributed by atoms with Crippen LogP contribution in [-0.2, 0) is 21.4 Å². The van der Waals surface area contributed by atoms with E-state index in [4.69, 9.17) is 4.74 Å². The maximum Gasteiger partial charge on any atom is 0.246 e. The number of sulfonamides is 1. The largest absolute Gasteiger partial charge is 0.495 e. The Labute approximate surface area is 164 Å². The third kappa shape index (κ3) is 5.51. The molecule has 9 heteroatoms. The lowest BCUT2D eigenvalue weighted by atomic mass is 10.2. The van der Waals surface area contributed by atoms with E-state index >= 15 is 0 Å². The molecule has 0 aliphatic heterocycles. The summed E-state index contributed by atoms with van der Waals surface area (Å²) in [6.07, 6.45) is 0. The van der Waals surface area contributed by atoms with Crippen molar-refractivity contribution < 1.29 is 22.3 Å². The molecule has 0 fully saturated rings. The van der Waals surface area contributed by atoms with Gasteiger partial charge in [-0.05, 0) is 42.9 Å². The Bertz CT molecular complexity index is 931. The van der Waals surface area contributed by atoms with Crippen LogP contribution < -0.4 is 10.1 Å². The lowest BCUT2D eigenvalue weighted by Crippen LogP contribution is -2.30. The lowest BCUT2D eigenvalue weighted by molar-refractivity contribution is -0.117. The summed E-state index contributed by atoms with van der Waals surface area (Å²) >= 11 is 0. The van der Waals surface area contributed by atoms with Gasteiger partial charge in [-0.25, -0.2) is 17.1 Å². The number of nitrogens with zero attached hydrogens (tertiary/aromatic N) is 2. The van der Waals surface area contributed by atoms with E-state index in [0.29, 0.717) is 12.2 Å². The molecule has 28 heavy (non-hydrogen) atoms. The quantitative estimate of drug-likeness (QED) is 0.723. The molecule has 0 bridgehead atoms. The van der Waals surface area contributed by atoms with Crippen molar-refractivity contribution in [3.63, 3.8) is 0 Å². The summed E-state index contributed by atoms with van der Waals surface area (Å²) in [7, 11) is 2.26. The van der Waals surface area contributed by atoms with E-state index < -0.39 is 10.0 Å². The lowest BCUT2D eigenvalue weighted by Gasteiger charge is -2.18. The van der Waals surface area contributed by atoms with Gasteiger partial charge in [-0.2, -0.15) is 0 Å². The van der Waals surface area contributed by atoms with Crippen LogP contribution in [0.3, 0.4) is 0 Å². The smallest absolute Gasteiger partial charge is 0.246 e. The Morgan fingerprint density at radius 3 is 2.32 bits per heavy atom. The molecule has 0 saturated heterocycles. The number of ether oxygens (including phenoxy) is 1. The van der Waals surface area contributed by atoms with Gasteiger partial charge in [0.2, 0.25) is 15.9 Å². The number of benzene rings is 2. The van der Waals surface area contributed by atoms with E-state index in [1.807, 2.05) is 0 Å². The summed E-state index contributed by atoms with van der Waals surface area (Å²) in [5.41, 5.74) is 1.22. The van der Waals surface area contributed by atoms with Gasteiger partial charge in [-0.1, -0.05) is 12.1 Å². The van der Waals surface area contributed by atoms with Crippen LogP contribution in [0.15, 0.2) is 47.4 Å². The van der Waals surface area contributed by atoms with Gasteiger partial charge in [0, 0.05) is 26.3 Å². The number of anilines is 1. The predicted molar refractivity (Wildman–Crippen MR) is 105 cm³/mol. The number of hydrogen-bond acceptors (Lipinski definition) is 5. The molecule has 0 aromatic heterocycles. The van der Waals surface area contributed by atoms with Crippen molar-refractivity contribution in [3.05, 3.63) is 53.8 Å². The number of amides is 1. The zero-order valence-electron chi connectivity index (χ0n) is 16.3. The molecule has 0 saturated carbocycles. The highest BCUT2D eigenvalue weighted by atomic mass is 32.2. The van der Waals surface area contributed by atoms with Crippen LogP contribution in [0, 0.1) is 5.82 Å². The Morgan fingerprint density at radius 1 is 1.11 bits per heavy atom. The summed E-state index contributed by atoms with van der Waals surface area (Å²) in [5.74, 6) is -0.421. The van der Waals surface area contributed by atoms with Gasteiger partial charge in [0.15, 0.2) is 0 Å². The molecule has 0 aliphatic rings. The summed E-state index contributed by atoms with van der Waals surface area (Å²) < 4.78 is 44.1. The zero-order chi connectivity index (χ0) is 20.9. The number of hydrogen-bond donors (Lipinski definition) is 1. The molecule has 0 aliphatic carbocycles. The van der Waals surface area contributed by atoms with Crippen LogP contribution in [0.25, 0.3) is 0 Å². The fraction of sp³-hybridized carbons (Fsp3) is 0.316. The van der Waals surface area contributed by atoms with Crippen molar-refractivity contribution in [2.45, 2.75) is 11.4 Å². The van der Waals surface area contributed by atoms with E-state index in [0.717, 1.165) is 9.87 Å².